The Kier molecular flexibility index (Phi) is 5.22. The van der Waals surface area contributed by atoms with Crippen LogP contribution >= 0.6 is 0 Å². The normalized spacial score (nSPS) is 28.7. The second kappa shape index (κ2) is 5.99. The Balaban J connectivity index is 2.85. The molecule has 1 heterocycles. The zero-order valence-corrected chi connectivity index (χ0v) is 11.3. The number of rotatable bonds is 4. The van der Waals surface area contributed by atoms with Gasteiger partial charge < -0.3 is 10.4 Å². The number of hydrogen-bond acceptors (Lipinski definition) is 3. The molecule has 2 N–H and O–H groups in total. The van der Waals surface area contributed by atoms with Crippen molar-refractivity contribution in [1.29, 1.82) is 0 Å². The van der Waals surface area contributed by atoms with E-state index in [-0.39, 0.29) is 12.1 Å². The van der Waals surface area contributed by atoms with Crippen molar-refractivity contribution in [3.63, 3.8) is 0 Å². The SMILES string of the molecule is CCC(C)N1C(CCO)CNCCC1(C)C. The van der Waals surface area contributed by atoms with Crippen molar-refractivity contribution in [2.75, 3.05) is 19.7 Å². The van der Waals surface area contributed by atoms with Gasteiger partial charge in [0.2, 0.25) is 0 Å². The first kappa shape index (κ1) is 13.9. The van der Waals surface area contributed by atoms with Gasteiger partial charge in [0.15, 0.2) is 0 Å². The molecule has 0 aromatic rings. The summed E-state index contributed by atoms with van der Waals surface area (Å²) in [4.78, 5) is 2.61. The van der Waals surface area contributed by atoms with E-state index in [2.05, 4.69) is 37.9 Å². The standard InChI is InChI=1S/C13H28N2O/c1-5-11(2)15-12(6-9-16)10-14-8-7-13(15,3)4/h11-12,14,16H,5-10H2,1-4H3. The van der Waals surface area contributed by atoms with Gasteiger partial charge in [-0.3, -0.25) is 4.90 Å². The van der Waals surface area contributed by atoms with Crippen LogP contribution in [0, 0.1) is 0 Å². The Bertz CT molecular complexity index is 206. The van der Waals surface area contributed by atoms with Crippen LogP contribution in [-0.2, 0) is 0 Å². The molecular weight excluding hydrogens is 200 g/mol. The van der Waals surface area contributed by atoms with Gasteiger partial charge in [0.1, 0.15) is 0 Å². The highest BCUT2D eigenvalue weighted by molar-refractivity contribution is 4.93. The maximum absolute atomic E-state index is 9.20. The smallest absolute Gasteiger partial charge is 0.0446 e. The van der Waals surface area contributed by atoms with E-state index >= 15 is 0 Å². The van der Waals surface area contributed by atoms with Crippen LogP contribution in [0.5, 0.6) is 0 Å². The molecule has 1 rings (SSSR count). The molecule has 0 spiro atoms. The molecule has 0 aliphatic carbocycles. The fourth-order valence-corrected chi connectivity index (χ4v) is 2.93. The summed E-state index contributed by atoms with van der Waals surface area (Å²) in [5, 5.41) is 12.7. The van der Waals surface area contributed by atoms with E-state index in [0.29, 0.717) is 12.1 Å². The van der Waals surface area contributed by atoms with E-state index in [0.717, 1.165) is 19.5 Å². The fourth-order valence-electron chi connectivity index (χ4n) is 2.93. The average molecular weight is 228 g/mol. The maximum Gasteiger partial charge on any atom is 0.0446 e. The molecule has 3 heteroatoms. The van der Waals surface area contributed by atoms with Crippen molar-refractivity contribution in [1.82, 2.24) is 10.2 Å². The van der Waals surface area contributed by atoms with Crippen LogP contribution in [0.3, 0.4) is 0 Å². The number of hydrogen-bond donors (Lipinski definition) is 2. The Hall–Kier alpha value is -0.120. The molecule has 1 saturated heterocycles. The maximum atomic E-state index is 9.20. The van der Waals surface area contributed by atoms with Crippen LogP contribution in [0.25, 0.3) is 0 Å². The minimum atomic E-state index is 0.235. The predicted molar refractivity (Wildman–Crippen MR) is 68.6 cm³/mol. The summed E-state index contributed by atoms with van der Waals surface area (Å²) in [6.45, 7) is 11.6. The summed E-state index contributed by atoms with van der Waals surface area (Å²) >= 11 is 0. The van der Waals surface area contributed by atoms with E-state index in [1.807, 2.05) is 0 Å². The molecule has 1 aliphatic rings. The fraction of sp³-hybridized carbons (Fsp3) is 1.00. The second-order valence-corrected chi connectivity index (χ2v) is 5.60. The van der Waals surface area contributed by atoms with Gasteiger partial charge in [-0.05, 0) is 46.6 Å². The Morgan fingerprint density at radius 3 is 2.75 bits per heavy atom. The molecule has 0 amide bonds. The molecule has 0 saturated carbocycles. The molecule has 0 bridgehead atoms. The molecule has 3 nitrogen and oxygen atoms in total. The summed E-state index contributed by atoms with van der Waals surface area (Å²) in [5.41, 5.74) is 0.235. The zero-order chi connectivity index (χ0) is 12.2. The molecule has 1 aliphatic heterocycles. The molecule has 1 fully saturated rings. The van der Waals surface area contributed by atoms with Gasteiger partial charge in [0.05, 0.1) is 0 Å². The van der Waals surface area contributed by atoms with E-state index in [4.69, 9.17) is 0 Å². The van der Waals surface area contributed by atoms with E-state index < -0.39 is 0 Å². The largest absolute Gasteiger partial charge is 0.396 e. The minimum Gasteiger partial charge on any atom is -0.396 e. The van der Waals surface area contributed by atoms with Crippen LogP contribution in [0.1, 0.15) is 47.0 Å². The topological polar surface area (TPSA) is 35.5 Å². The van der Waals surface area contributed by atoms with Crippen molar-refractivity contribution >= 4 is 0 Å². The zero-order valence-electron chi connectivity index (χ0n) is 11.3. The van der Waals surface area contributed by atoms with Gasteiger partial charge >= 0.3 is 0 Å². The Morgan fingerprint density at radius 1 is 1.50 bits per heavy atom. The number of nitrogens with one attached hydrogen (secondary N) is 1. The third kappa shape index (κ3) is 3.19. The van der Waals surface area contributed by atoms with Crippen LogP contribution in [0.15, 0.2) is 0 Å². The molecule has 0 radical (unpaired) electrons. The summed E-state index contributed by atoms with van der Waals surface area (Å²) in [7, 11) is 0. The van der Waals surface area contributed by atoms with Crippen LogP contribution in [-0.4, -0.2) is 47.3 Å². The van der Waals surface area contributed by atoms with Crippen molar-refractivity contribution in [2.24, 2.45) is 0 Å². The van der Waals surface area contributed by atoms with E-state index in [1.54, 1.807) is 0 Å². The Morgan fingerprint density at radius 2 is 2.19 bits per heavy atom. The monoisotopic (exact) mass is 228 g/mol. The first-order chi connectivity index (χ1) is 7.53. The summed E-state index contributed by atoms with van der Waals surface area (Å²) in [6.07, 6.45) is 3.23. The molecular formula is C13H28N2O. The highest BCUT2D eigenvalue weighted by atomic mass is 16.3. The van der Waals surface area contributed by atoms with Gasteiger partial charge in [0, 0.05) is 30.8 Å². The second-order valence-electron chi connectivity index (χ2n) is 5.60. The van der Waals surface area contributed by atoms with Gasteiger partial charge in [0.25, 0.3) is 0 Å². The van der Waals surface area contributed by atoms with Crippen molar-refractivity contribution in [3.8, 4) is 0 Å². The van der Waals surface area contributed by atoms with Gasteiger partial charge in [-0.25, -0.2) is 0 Å². The number of aliphatic hydroxyl groups excluding tert-OH is 1. The average Bonchev–Trinajstić information content (AvgIpc) is 2.37. The Labute approximate surface area is 100 Å². The van der Waals surface area contributed by atoms with Crippen molar-refractivity contribution in [3.05, 3.63) is 0 Å². The molecule has 0 aromatic carbocycles. The predicted octanol–water partition coefficient (Wildman–Crippen LogP) is 1.61. The lowest BCUT2D eigenvalue weighted by Gasteiger charge is -2.45. The summed E-state index contributed by atoms with van der Waals surface area (Å²) < 4.78 is 0. The third-order valence-corrected chi connectivity index (χ3v) is 3.91. The lowest BCUT2D eigenvalue weighted by Crippen LogP contribution is -2.54. The van der Waals surface area contributed by atoms with E-state index in [9.17, 15) is 5.11 Å². The van der Waals surface area contributed by atoms with Crippen molar-refractivity contribution in [2.45, 2.75) is 64.6 Å². The minimum absolute atomic E-state index is 0.235. The third-order valence-electron chi connectivity index (χ3n) is 3.91. The summed E-state index contributed by atoms with van der Waals surface area (Å²) in [5.74, 6) is 0. The van der Waals surface area contributed by atoms with Gasteiger partial charge in [-0.2, -0.15) is 0 Å². The molecule has 2 atom stereocenters. The first-order valence-electron chi connectivity index (χ1n) is 6.63. The van der Waals surface area contributed by atoms with E-state index in [1.165, 1.54) is 12.8 Å². The highest BCUT2D eigenvalue weighted by Gasteiger charge is 2.36. The highest BCUT2D eigenvalue weighted by Crippen LogP contribution is 2.28. The van der Waals surface area contributed by atoms with Gasteiger partial charge in [-0.15, -0.1) is 0 Å². The molecule has 0 aromatic heterocycles. The molecule has 96 valence electrons. The van der Waals surface area contributed by atoms with Crippen molar-refractivity contribution < 1.29 is 5.11 Å². The molecule has 16 heavy (non-hydrogen) atoms. The lowest BCUT2D eigenvalue weighted by atomic mass is 9.93. The van der Waals surface area contributed by atoms with Gasteiger partial charge in [-0.1, -0.05) is 6.92 Å². The summed E-state index contributed by atoms with van der Waals surface area (Å²) in [6, 6.07) is 1.06. The number of nitrogens with zero attached hydrogens (tertiary/aromatic N) is 1. The first-order valence-corrected chi connectivity index (χ1v) is 6.63. The quantitative estimate of drug-likeness (QED) is 0.767. The van der Waals surface area contributed by atoms with Crippen LogP contribution in [0.2, 0.25) is 0 Å². The van der Waals surface area contributed by atoms with Crippen LogP contribution < -0.4 is 5.32 Å². The lowest BCUT2D eigenvalue weighted by molar-refractivity contribution is 0.0255. The van der Waals surface area contributed by atoms with Crippen LogP contribution in [0.4, 0.5) is 0 Å². The number of aliphatic hydroxyl groups is 1. The molecule has 2 unspecified atom stereocenters.